The summed E-state index contributed by atoms with van der Waals surface area (Å²) in [6.07, 6.45) is 0. The molecular formula is C19H26ClN3O4S. The molecule has 0 aliphatic heterocycles. The molecule has 0 saturated carbocycles. The fraction of sp³-hybridized carbons (Fsp3) is 0.316. The van der Waals surface area contributed by atoms with E-state index in [1.54, 1.807) is 37.4 Å². The van der Waals surface area contributed by atoms with E-state index in [4.69, 9.17) is 4.74 Å². The van der Waals surface area contributed by atoms with Crippen LogP contribution in [0, 0.1) is 6.92 Å². The van der Waals surface area contributed by atoms with Gasteiger partial charge in [-0.2, -0.15) is 0 Å². The largest absolute Gasteiger partial charge is 0.383 e. The first-order valence-corrected chi connectivity index (χ1v) is 10.1. The van der Waals surface area contributed by atoms with Gasteiger partial charge in [0.15, 0.2) is 0 Å². The average molecular weight is 428 g/mol. The number of aryl methyl sites for hydroxylation is 1. The van der Waals surface area contributed by atoms with Crippen LogP contribution in [0.3, 0.4) is 0 Å². The summed E-state index contributed by atoms with van der Waals surface area (Å²) in [5, 5.41) is 5.87. The normalized spacial score (nSPS) is 10.8. The molecule has 0 radical (unpaired) electrons. The van der Waals surface area contributed by atoms with E-state index >= 15 is 0 Å². The maximum atomic E-state index is 12.6. The highest BCUT2D eigenvalue weighted by atomic mass is 35.5. The first kappa shape index (κ1) is 23.9. The number of hydrogen-bond acceptors (Lipinski definition) is 5. The monoisotopic (exact) mass is 427 g/mol. The highest BCUT2D eigenvalue weighted by Gasteiger charge is 2.16. The molecule has 2 rings (SSSR count). The van der Waals surface area contributed by atoms with E-state index in [-0.39, 0.29) is 23.2 Å². The SMILES string of the molecule is COCCNCCNC(=O)c1cccc(S(=O)(=O)Nc2cccc(C)c2)c1.Cl. The number of hydrogen-bond donors (Lipinski definition) is 3. The van der Waals surface area contributed by atoms with E-state index in [9.17, 15) is 13.2 Å². The van der Waals surface area contributed by atoms with Crippen molar-refractivity contribution in [1.82, 2.24) is 10.6 Å². The molecule has 0 atom stereocenters. The van der Waals surface area contributed by atoms with Crippen molar-refractivity contribution in [1.29, 1.82) is 0 Å². The lowest BCUT2D eigenvalue weighted by Crippen LogP contribution is -2.33. The van der Waals surface area contributed by atoms with Crippen LogP contribution in [-0.4, -0.2) is 47.7 Å². The Balaban J connectivity index is 0.00000392. The minimum absolute atomic E-state index is 0. The highest BCUT2D eigenvalue weighted by Crippen LogP contribution is 2.18. The number of benzene rings is 2. The minimum Gasteiger partial charge on any atom is -0.383 e. The Morgan fingerprint density at radius 1 is 1.04 bits per heavy atom. The molecule has 7 nitrogen and oxygen atoms in total. The number of anilines is 1. The molecule has 0 aromatic heterocycles. The number of rotatable bonds is 10. The molecule has 2 aromatic carbocycles. The van der Waals surface area contributed by atoms with Crippen LogP contribution in [0.25, 0.3) is 0 Å². The van der Waals surface area contributed by atoms with Crippen molar-refractivity contribution in [2.45, 2.75) is 11.8 Å². The van der Waals surface area contributed by atoms with Gasteiger partial charge in [0, 0.05) is 38.0 Å². The van der Waals surface area contributed by atoms with Gasteiger partial charge in [-0.3, -0.25) is 9.52 Å². The maximum Gasteiger partial charge on any atom is 0.261 e. The lowest BCUT2D eigenvalue weighted by molar-refractivity contribution is 0.0953. The predicted octanol–water partition coefficient (Wildman–Crippen LogP) is 2.18. The van der Waals surface area contributed by atoms with E-state index in [0.29, 0.717) is 37.5 Å². The highest BCUT2D eigenvalue weighted by molar-refractivity contribution is 7.92. The Labute approximate surface area is 172 Å². The molecule has 0 aliphatic carbocycles. The van der Waals surface area contributed by atoms with E-state index in [2.05, 4.69) is 15.4 Å². The smallest absolute Gasteiger partial charge is 0.261 e. The zero-order valence-electron chi connectivity index (χ0n) is 15.9. The minimum atomic E-state index is -3.78. The van der Waals surface area contributed by atoms with Gasteiger partial charge in [0.05, 0.1) is 11.5 Å². The molecule has 9 heteroatoms. The van der Waals surface area contributed by atoms with E-state index in [1.165, 1.54) is 12.1 Å². The molecule has 1 amide bonds. The predicted molar refractivity (Wildman–Crippen MR) is 113 cm³/mol. The summed E-state index contributed by atoms with van der Waals surface area (Å²) >= 11 is 0. The zero-order valence-corrected chi connectivity index (χ0v) is 17.5. The van der Waals surface area contributed by atoms with Gasteiger partial charge in [0.1, 0.15) is 0 Å². The molecule has 28 heavy (non-hydrogen) atoms. The second kappa shape index (κ2) is 11.7. The Morgan fingerprint density at radius 2 is 1.79 bits per heavy atom. The van der Waals surface area contributed by atoms with Crippen LogP contribution in [0.2, 0.25) is 0 Å². The van der Waals surface area contributed by atoms with Crippen LogP contribution in [0.1, 0.15) is 15.9 Å². The zero-order chi connectivity index (χ0) is 19.7. The van der Waals surface area contributed by atoms with Gasteiger partial charge in [0.25, 0.3) is 15.9 Å². The third-order valence-electron chi connectivity index (χ3n) is 3.75. The van der Waals surface area contributed by atoms with E-state index in [0.717, 1.165) is 5.56 Å². The fourth-order valence-corrected chi connectivity index (χ4v) is 3.49. The average Bonchev–Trinajstić information content (AvgIpc) is 2.64. The summed E-state index contributed by atoms with van der Waals surface area (Å²) in [5.74, 6) is -0.323. The number of methoxy groups -OCH3 is 1. The summed E-state index contributed by atoms with van der Waals surface area (Å²) in [6, 6.07) is 13.0. The van der Waals surface area contributed by atoms with Crippen molar-refractivity contribution in [2.75, 3.05) is 38.1 Å². The van der Waals surface area contributed by atoms with Crippen molar-refractivity contribution in [3.05, 3.63) is 59.7 Å². The van der Waals surface area contributed by atoms with Gasteiger partial charge in [0.2, 0.25) is 0 Å². The third kappa shape index (κ3) is 7.47. The van der Waals surface area contributed by atoms with Crippen molar-refractivity contribution in [3.63, 3.8) is 0 Å². The molecule has 0 saturated heterocycles. The molecule has 0 unspecified atom stereocenters. The molecule has 0 aliphatic rings. The number of carbonyl (C=O) groups excluding carboxylic acids is 1. The number of ether oxygens (including phenoxy) is 1. The molecular weight excluding hydrogens is 402 g/mol. The molecule has 2 aromatic rings. The number of sulfonamides is 1. The van der Waals surface area contributed by atoms with Gasteiger partial charge >= 0.3 is 0 Å². The summed E-state index contributed by atoms with van der Waals surface area (Å²) < 4.78 is 32.6. The van der Waals surface area contributed by atoms with Crippen molar-refractivity contribution in [3.8, 4) is 0 Å². The maximum absolute atomic E-state index is 12.6. The quantitative estimate of drug-likeness (QED) is 0.505. The summed E-state index contributed by atoms with van der Waals surface area (Å²) in [7, 11) is -2.15. The van der Waals surface area contributed by atoms with Gasteiger partial charge in [-0.05, 0) is 42.8 Å². The first-order valence-electron chi connectivity index (χ1n) is 8.60. The van der Waals surface area contributed by atoms with Crippen molar-refractivity contribution >= 4 is 34.0 Å². The first-order chi connectivity index (χ1) is 12.9. The van der Waals surface area contributed by atoms with Crippen LogP contribution >= 0.6 is 12.4 Å². The Bertz CT molecular complexity index is 875. The lowest BCUT2D eigenvalue weighted by atomic mass is 10.2. The van der Waals surface area contributed by atoms with Crippen LogP contribution in [-0.2, 0) is 14.8 Å². The Hall–Kier alpha value is -2.13. The number of halogens is 1. The van der Waals surface area contributed by atoms with Gasteiger partial charge in [-0.25, -0.2) is 8.42 Å². The Kier molecular flexibility index (Phi) is 9.95. The molecule has 0 heterocycles. The molecule has 0 bridgehead atoms. The fourth-order valence-electron chi connectivity index (χ4n) is 2.39. The molecule has 0 spiro atoms. The molecule has 0 fully saturated rings. The standard InChI is InChI=1S/C19H25N3O4S.ClH/c1-15-5-3-7-17(13-15)22-27(24,25)18-8-4-6-16(14-18)19(23)21-10-9-20-11-12-26-2;/h3-8,13-14,20,22H,9-12H2,1-2H3,(H,21,23);1H. The van der Waals surface area contributed by atoms with Crippen LogP contribution in [0.5, 0.6) is 0 Å². The number of amides is 1. The van der Waals surface area contributed by atoms with Gasteiger partial charge < -0.3 is 15.4 Å². The van der Waals surface area contributed by atoms with Gasteiger partial charge in [-0.1, -0.05) is 18.2 Å². The lowest BCUT2D eigenvalue weighted by Gasteiger charge is -2.10. The van der Waals surface area contributed by atoms with E-state index in [1.807, 2.05) is 13.0 Å². The van der Waals surface area contributed by atoms with Crippen molar-refractivity contribution in [2.24, 2.45) is 0 Å². The summed E-state index contributed by atoms with van der Waals surface area (Å²) in [5.41, 5.74) is 1.72. The summed E-state index contributed by atoms with van der Waals surface area (Å²) in [6.45, 7) is 4.21. The Morgan fingerprint density at radius 3 is 2.50 bits per heavy atom. The van der Waals surface area contributed by atoms with Crippen molar-refractivity contribution < 1.29 is 17.9 Å². The second-order valence-electron chi connectivity index (χ2n) is 6.00. The van der Waals surface area contributed by atoms with Crippen LogP contribution in [0.4, 0.5) is 5.69 Å². The topological polar surface area (TPSA) is 96.5 Å². The summed E-state index contributed by atoms with van der Waals surface area (Å²) in [4.78, 5) is 12.3. The van der Waals surface area contributed by atoms with E-state index < -0.39 is 10.0 Å². The molecule has 3 N–H and O–H groups in total. The molecule has 154 valence electrons. The van der Waals surface area contributed by atoms with Crippen LogP contribution < -0.4 is 15.4 Å². The van der Waals surface area contributed by atoms with Gasteiger partial charge in [-0.15, -0.1) is 12.4 Å². The van der Waals surface area contributed by atoms with Crippen LogP contribution in [0.15, 0.2) is 53.4 Å². The third-order valence-corrected chi connectivity index (χ3v) is 5.13. The number of carbonyl (C=O) groups is 1. The second-order valence-corrected chi connectivity index (χ2v) is 7.68. The number of nitrogens with one attached hydrogen (secondary N) is 3.